The van der Waals surface area contributed by atoms with E-state index < -0.39 is 9.84 Å². The standard InChI is InChI=1S/C23H31N3O4S/c1-16(23(27)25(3)20-11-14-31(28,29)15-20)26-12-9-19(10-13-26)22-24-21(17(2)30-22)18-7-5-4-6-8-18/h4-8,16,19-20H,9-15H2,1-3H3/t16-,20+/m0/s1. The van der Waals surface area contributed by atoms with E-state index in [9.17, 15) is 13.2 Å². The third-order valence-corrected chi connectivity index (χ3v) is 8.50. The summed E-state index contributed by atoms with van der Waals surface area (Å²) in [6.45, 7) is 5.45. The van der Waals surface area contributed by atoms with Crippen LogP contribution in [0.4, 0.5) is 0 Å². The third-order valence-electron chi connectivity index (χ3n) is 6.75. The number of carbonyl (C=O) groups excluding carboxylic acids is 1. The molecule has 1 aromatic carbocycles. The van der Waals surface area contributed by atoms with Gasteiger partial charge in [-0.05, 0) is 46.2 Å². The monoisotopic (exact) mass is 445 g/mol. The molecule has 4 rings (SSSR count). The summed E-state index contributed by atoms with van der Waals surface area (Å²) in [6, 6.07) is 9.59. The molecule has 31 heavy (non-hydrogen) atoms. The SMILES string of the molecule is Cc1oc(C2CCN([C@@H](C)C(=O)N(C)[C@@H]3CCS(=O)(=O)C3)CC2)nc1-c1ccccc1. The maximum absolute atomic E-state index is 13.0. The zero-order valence-electron chi connectivity index (χ0n) is 18.5. The summed E-state index contributed by atoms with van der Waals surface area (Å²) in [4.78, 5) is 21.6. The van der Waals surface area contributed by atoms with Gasteiger partial charge in [-0.1, -0.05) is 30.3 Å². The van der Waals surface area contributed by atoms with Crippen molar-refractivity contribution in [3.05, 3.63) is 42.0 Å². The molecule has 0 spiro atoms. The van der Waals surface area contributed by atoms with Gasteiger partial charge in [0.2, 0.25) is 5.91 Å². The number of hydrogen-bond acceptors (Lipinski definition) is 6. The Hall–Kier alpha value is -2.19. The van der Waals surface area contributed by atoms with Crippen LogP contribution in [0.25, 0.3) is 11.3 Å². The van der Waals surface area contributed by atoms with Crippen molar-refractivity contribution in [3.63, 3.8) is 0 Å². The second-order valence-corrected chi connectivity index (χ2v) is 11.0. The van der Waals surface area contributed by atoms with Gasteiger partial charge >= 0.3 is 0 Å². The lowest BCUT2D eigenvalue weighted by atomic mass is 9.95. The molecule has 7 nitrogen and oxygen atoms in total. The van der Waals surface area contributed by atoms with Crippen molar-refractivity contribution in [2.45, 2.75) is 51.1 Å². The molecule has 168 valence electrons. The lowest BCUT2D eigenvalue weighted by Crippen LogP contribution is -2.51. The third kappa shape index (κ3) is 4.70. The zero-order valence-corrected chi connectivity index (χ0v) is 19.3. The lowest BCUT2D eigenvalue weighted by Gasteiger charge is -2.37. The van der Waals surface area contributed by atoms with Crippen molar-refractivity contribution in [1.82, 2.24) is 14.8 Å². The van der Waals surface area contributed by atoms with Crippen LogP contribution in [0, 0.1) is 6.92 Å². The summed E-state index contributed by atoms with van der Waals surface area (Å²) in [5.74, 6) is 2.11. The van der Waals surface area contributed by atoms with Crippen molar-refractivity contribution in [1.29, 1.82) is 0 Å². The number of likely N-dealkylation sites (N-methyl/N-ethyl adjacent to an activating group) is 1. The molecule has 8 heteroatoms. The first-order chi connectivity index (χ1) is 14.7. The maximum atomic E-state index is 13.0. The molecule has 2 aliphatic heterocycles. The second kappa shape index (κ2) is 8.74. The first-order valence-electron chi connectivity index (χ1n) is 11.0. The summed E-state index contributed by atoms with van der Waals surface area (Å²) in [7, 11) is -1.28. The first-order valence-corrected chi connectivity index (χ1v) is 12.8. The minimum Gasteiger partial charge on any atom is -0.445 e. The predicted octanol–water partition coefficient (Wildman–Crippen LogP) is 2.86. The Balaban J connectivity index is 1.36. The quantitative estimate of drug-likeness (QED) is 0.704. The Morgan fingerprint density at radius 2 is 1.87 bits per heavy atom. The molecule has 0 unspecified atom stereocenters. The molecule has 2 aromatic rings. The Kier molecular flexibility index (Phi) is 6.21. The maximum Gasteiger partial charge on any atom is 0.239 e. The highest BCUT2D eigenvalue weighted by Gasteiger charge is 2.36. The number of aromatic nitrogens is 1. The molecule has 0 bridgehead atoms. The molecule has 1 amide bonds. The number of piperidine rings is 1. The molecule has 0 aliphatic carbocycles. The predicted molar refractivity (Wildman–Crippen MR) is 120 cm³/mol. The van der Waals surface area contributed by atoms with Crippen LogP contribution in [0.15, 0.2) is 34.7 Å². The minimum atomic E-state index is -3.01. The molecule has 3 heterocycles. The average Bonchev–Trinajstić information content (AvgIpc) is 3.35. The van der Waals surface area contributed by atoms with Crippen LogP contribution in [0.5, 0.6) is 0 Å². The average molecular weight is 446 g/mol. The Morgan fingerprint density at radius 3 is 2.48 bits per heavy atom. The molecular weight excluding hydrogens is 414 g/mol. The van der Waals surface area contributed by atoms with E-state index >= 15 is 0 Å². The van der Waals surface area contributed by atoms with Gasteiger partial charge in [-0.2, -0.15) is 0 Å². The largest absolute Gasteiger partial charge is 0.445 e. The van der Waals surface area contributed by atoms with E-state index in [1.54, 1.807) is 11.9 Å². The molecule has 1 aromatic heterocycles. The second-order valence-electron chi connectivity index (χ2n) is 8.82. The van der Waals surface area contributed by atoms with Crippen LogP contribution in [0.3, 0.4) is 0 Å². The Labute approximate surface area is 184 Å². The van der Waals surface area contributed by atoms with Gasteiger partial charge in [0, 0.05) is 24.6 Å². The molecule has 2 fully saturated rings. The van der Waals surface area contributed by atoms with Gasteiger partial charge in [-0.3, -0.25) is 9.69 Å². The number of oxazole rings is 1. The van der Waals surface area contributed by atoms with E-state index in [4.69, 9.17) is 9.40 Å². The van der Waals surface area contributed by atoms with Gasteiger partial charge in [0.05, 0.1) is 17.5 Å². The smallest absolute Gasteiger partial charge is 0.239 e. The van der Waals surface area contributed by atoms with Crippen LogP contribution < -0.4 is 0 Å². The van der Waals surface area contributed by atoms with E-state index in [2.05, 4.69) is 4.90 Å². The van der Waals surface area contributed by atoms with Gasteiger partial charge in [-0.25, -0.2) is 13.4 Å². The van der Waals surface area contributed by atoms with Crippen molar-refractivity contribution in [3.8, 4) is 11.3 Å². The van der Waals surface area contributed by atoms with Gasteiger partial charge in [0.25, 0.3) is 0 Å². The van der Waals surface area contributed by atoms with Crippen LogP contribution in [-0.4, -0.2) is 72.8 Å². The summed E-state index contributed by atoms with van der Waals surface area (Å²) < 4.78 is 29.5. The topological polar surface area (TPSA) is 83.7 Å². The highest BCUT2D eigenvalue weighted by molar-refractivity contribution is 7.91. The summed E-state index contributed by atoms with van der Waals surface area (Å²) in [5.41, 5.74) is 1.96. The molecule has 0 saturated carbocycles. The number of nitrogens with zero attached hydrogens (tertiary/aromatic N) is 3. The fourth-order valence-electron chi connectivity index (χ4n) is 4.70. The summed E-state index contributed by atoms with van der Waals surface area (Å²) in [5, 5.41) is 0. The van der Waals surface area contributed by atoms with Crippen molar-refractivity contribution >= 4 is 15.7 Å². The van der Waals surface area contributed by atoms with Gasteiger partial charge < -0.3 is 9.32 Å². The van der Waals surface area contributed by atoms with Gasteiger partial charge in [0.15, 0.2) is 15.7 Å². The highest BCUT2D eigenvalue weighted by atomic mass is 32.2. The number of likely N-dealkylation sites (tertiary alicyclic amines) is 1. The normalized spacial score (nSPS) is 23.0. The number of carbonyl (C=O) groups is 1. The number of sulfone groups is 1. The van der Waals surface area contributed by atoms with Gasteiger partial charge in [0.1, 0.15) is 11.5 Å². The molecule has 2 aliphatic rings. The van der Waals surface area contributed by atoms with Crippen LogP contribution in [-0.2, 0) is 14.6 Å². The molecular formula is C23H31N3O4S. The first kappa shape index (κ1) is 22.0. The molecule has 2 atom stereocenters. The number of aryl methyl sites for hydroxylation is 1. The molecule has 2 saturated heterocycles. The zero-order chi connectivity index (χ0) is 22.2. The number of rotatable bonds is 5. The number of benzene rings is 1. The van der Waals surface area contributed by atoms with Crippen LogP contribution in [0.2, 0.25) is 0 Å². The van der Waals surface area contributed by atoms with Crippen molar-refractivity contribution in [2.24, 2.45) is 0 Å². The lowest BCUT2D eigenvalue weighted by molar-refractivity contribution is -0.137. The van der Waals surface area contributed by atoms with E-state index in [0.29, 0.717) is 6.42 Å². The minimum absolute atomic E-state index is 0.00104. The Morgan fingerprint density at radius 1 is 1.19 bits per heavy atom. The highest BCUT2D eigenvalue weighted by Crippen LogP contribution is 2.32. The Bertz CT molecular complexity index is 1030. The molecule has 0 radical (unpaired) electrons. The van der Waals surface area contributed by atoms with Crippen LogP contribution >= 0.6 is 0 Å². The van der Waals surface area contributed by atoms with E-state index in [-0.39, 0.29) is 35.4 Å². The summed E-state index contributed by atoms with van der Waals surface area (Å²) >= 11 is 0. The molecule has 0 N–H and O–H groups in total. The number of amides is 1. The van der Waals surface area contributed by atoms with Crippen molar-refractivity contribution in [2.75, 3.05) is 31.6 Å². The fraction of sp³-hybridized carbons (Fsp3) is 0.565. The van der Waals surface area contributed by atoms with Gasteiger partial charge in [-0.15, -0.1) is 0 Å². The van der Waals surface area contributed by atoms with E-state index in [1.165, 1.54) is 0 Å². The van der Waals surface area contributed by atoms with E-state index in [1.807, 2.05) is 44.2 Å². The van der Waals surface area contributed by atoms with Crippen LogP contribution in [0.1, 0.15) is 43.8 Å². The fourth-order valence-corrected chi connectivity index (χ4v) is 6.48. The summed E-state index contributed by atoms with van der Waals surface area (Å²) in [6.07, 6.45) is 2.30. The van der Waals surface area contributed by atoms with E-state index in [0.717, 1.165) is 48.8 Å². The van der Waals surface area contributed by atoms with Crippen molar-refractivity contribution < 1.29 is 17.6 Å². The number of hydrogen-bond donors (Lipinski definition) is 0.